The Hall–Kier alpha value is -3.39. The van der Waals surface area contributed by atoms with Gasteiger partial charge in [-0.05, 0) is 61.0 Å². The quantitative estimate of drug-likeness (QED) is 0.400. The first-order valence-electron chi connectivity index (χ1n) is 10.4. The number of nitrogens with zero attached hydrogens (tertiary/aromatic N) is 4. The van der Waals surface area contributed by atoms with E-state index >= 15 is 0 Å². The highest BCUT2D eigenvalue weighted by atomic mass is 32.1. The first-order chi connectivity index (χ1) is 15.5. The summed E-state index contributed by atoms with van der Waals surface area (Å²) in [5.74, 6) is 0.512. The van der Waals surface area contributed by atoms with Crippen molar-refractivity contribution in [1.82, 2.24) is 19.7 Å². The van der Waals surface area contributed by atoms with Crippen molar-refractivity contribution in [2.24, 2.45) is 0 Å². The van der Waals surface area contributed by atoms with Crippen molar-refractivity contribution in [3.63, 3.8) is 0 Å². The van der Waals surface area contributed by atoms with Crippen LogP contribution in [0, 0.1) is 12.7 Å². The minimum atomic E-state index is -0.950. The molecular formula is C24H23FN4O2S. The maximum absolute atomic E-state index is 13.3. The van der Waals surface area contributed by atoms with E-state index < -0.39 is 5.97 Å². The number of pyridine rings is 1. The van der Waals surface area contributed by atoms with Gasteiger partial charge in [-0.3, -0.25) is 4.98 Å². The van der Waals surface area contributed by atoms with Crippen LogP contribution in [0.25, 0.3) is 0 Å². The number of aromatic carboxylic acids is 1. The second-order valence-corrected chi connectivity index (χ2v) is 8.68. The zero-order valence-corrected chi connectivity index (χ0v) is 18.5. The maximum atomic E-state index is 13.3. The molecule has 6 nitrogen and oxygen atoms in total. The Morgan fingerprint density at radius 2 is 1.88 bits per heavy atom. The van der Waals surface area contributed by atoms with Gasteiger partial charge in [0.1, 0.15) is 17.5 Å². The Kier molecular flexibility index (Phi) is 6.70. The number of thiophene rings is 1. The molecule has 0 unspecified atom stereocenters. The summed E-state index contributed by atoms with van der Waals surface area (Å²) in [5.41, 5.74) is 2.68. The smallest absolute Gasteiger partial charge is 0.335 e. The lowest BCUT2D eigenvalue weighted by atomic mass is 10.1. The molecule has 0 saturated heterocycles. The molecule has 1 N–H and O–H groups in total. The van der Waals surface area contributed by atoms with Gasteiger partial charge in [0.25, 0.3) is 0 Å². The fourth-order valence-electron chi connectivity index (χ4n) is 3.63. The summed E-state index contributed by atoms with van der Waals surface area (Å²) in [6.07, 6.45) is 2.77. The van der Waals surface area contributed by atoms with E-state index in [4.69, 9.17) is 0 Å². The molecule has 4 aromatic rings. The van der Waals surface area contributed by atoms with Crippen LogP contribution in [0.1, 0.15) is 50.3 Å². The Morgan fingerprint density at radius 1 is 1.09 bits per heavy atom. The average Bonchev–Trinajstić information content (AvgIpc) is 3.40. The number of aryl methyl sites for hydroxylation is 3. The molecule has 0 amide bonds. The first kappa shape index (κ1) is 21.8. The minimum Gasteiger partial charge on any atom is -0.478 e. The number of hydrogen-bond acceptors (Lipinski definition) is 5. The maximum Gasteiger partial charge on any atom is 0.335 e. The molecule has 1 aromatic carbocycles. The molecule has 0 fully saturated rings. The van der Waals surface area contributed by atoms with Gasteiger partial charge in [0.15, 0.2) is 0 Å². The van der Waals surface area contributed by atoms with Crippen molar-refractivity contribution >= 4 is 17.3 Å². The molecule has 3 heterocycles. The van der Waals surface area contributed by atoms with E-state index in [0.29, 0.717) is 31.5 Å². The fraction of sp³-hybridized carbons (Fsp3) is 0.250. The van der Waals surface area contributed by atoms with Crippen LogP contribution in [0.15, 0.2) is 53.9 Å². The number of carboxylic acids is 1. The van der Waals surface area contributed by atoms with Crippen molar-refractivity contribution in [1.29, 1.82) is 0 Å². The molecule has 0 atom stereocenters. The molecule has 4 rings (SSSR count). The van der Waals surface area contributed by atoms with E-state index in [1.165, 1.54) is 17.0 Å². The highest BCUT2D eigenvalue weighted by Crippen LogP contribution is 2.18. The molecule has 0 aliphatic carbocycles. The standard InChI is InChI=1S/C24H23FN4O2S/c1-16-12-18(24(30)31)13-20(26-16)4-2-6-22-27-28-23(14-21-5-3-11-32-21)29(22)15-17-7-9-19(25)10-8-17/h3,5,7-13H,2,4,6,14-15H2,1H3,(H,30,31). The topological polar surface area (TPSA) is 80.9 Å². The molecule has 0 saturated carbocycles. The van der Waals surface area contributed by atoms with Crippen molar-refractivity contribution in [3.05, 3.63) is 98.8 Å². The number of hydrogen-bond donors (Lipinski definition) is 1. The molecule has 0 bridgehead atoms. The number of benzene rings is 1. The molecule has 0 aliphatic heterocycles. The van der Waals surface area contributed by atoms with Crippen LogP contribution in [-0.2, 0) is 25.8 Å². The third-order valence-electron chi connectivity index (χ3n) is 5.16. The molecule has 32 heavy (non-hydrogen) atoms. The zero-order valence-electron chi connectivity index (χ0n) is 17.7. The van der Waals surface area contributed by atoms with Gasteiger partial charge in [-0.1, -0.05) is 18.2 Å². The van der Waals surface area contributed by atoms with E-state index in [1.54, 1.807) is 42.5 Å². The van der Waals surface area contributed by atoms with E-state index in [1.807, 2.05) is 11.4 Å². The van der Waals surface area contributed by atoms with Gasteiger partial charge < -0.3 is 9.67 Å². The van der Waals surface area contributed by atoms with Crippen LogP contribution in [0.2, 0.25) is 0 Å². The summed E-state index contributed by atoms with van der Waals surface area (Å²) in [4.78, 5) is 17.0. The lowest BCUT2D eigenvalue weighted by molar-refractivity contribution is 0.0696. The number of halogens is 1. The second-order valence-electron chi connectivity index (χ2n) is 7.65. The van der Waals surface area contributed by atoms with Crippen molar-refractivity contribution in [2.45, 2.75) is 39.2 Å². The predicted molar refractivity (Wildman–Crippen MR) is 121 cm³/mol. The van der Waals surface area contributed by atoms with Gasteiger partial charge in [-0.15, -0.1) is 21.5 Å². The Morgan fingerprint density at radius 3 is 2.59 bits per heavy atom. The van der Waals surface area contributed by atoms with Crippen molar-refractivity contribution in [3.8, 4) is 0 Å². The molecule has 8 heteroatoms. The summed E-state index contributed by atoms with van der Waals surface area (Å²) in [6.45, 7) is 2.36. The molecule has 0 aliphatic rings. The summed E-state index contributed by atoms with van der Waals surface area (Å²) < 4.78 is 15.4. The number of carbonyl (C=O) groups is 1. The van der Waals surface area contributed by atoms with E-state index in [2.05, 4.69) is 25.8 Å². The lowest BCUT2D eigenvalue weighted by Crippen LogP contribution is -2.10. The molecule has 0 radical (unpaired) electrons. The van der Waals surface area contributed by atoms with Gasteiger partial charge in [-0.25, -0.2) is 9.18 Å². The third-order valence-corrected chi connectivity index (χ3v) is 6.03. The lowest BCUT2D eigenvalue weighted by Gasteiger charge is -2.11. The van der Waals surface area contributed by atoms with Gasteiger partial charge in [0, 0.05) is 29.1 Å². The number of carboxylic acid groups (broad SMARTS) is 1. The largest absolute Gasteiger partial charge is 0.478 e. The summed E-state index contributed by atoms with van der Waals surface area (Å²) in [7, 11) is 0. The highest BCUT2D eigenvalue weighted by molar-refractivity contribution is 7.09. The molecule has 3 aromatic heterocycles. The zero-order chi connectivity index (χ0) is 22.5. The fourth-order valence-corrected chi connectivity index (χ4v) is 4.33. The molecular weight excluding hydrogens is 427 g/mol. The Balaban J connectivity index is 1.51. The van der Waals surface area contributed by atoms with Gasteiger partial charge in [0.2, 0.25) is 0 Å². The SMILES string of the molecule is Cc1cc(C(=O)O)cc(CCCc2nnc(Cc3cccs3)n2Cc2ccc(F)cc2)n1. The average molecular weight is 451 g/mol. The third kappa shape index (κ3) is 5.45. The van der Waals surface area contributed by atoms with Gasteiger partial charge in [0.05, 0.1) is 12.1 Å². The second kappa shape index (κ2) is 9.82. The Bertz CT molecular complexity index is 1200. The predicted octanol–water partition coefficient (Wildman–Crippen LogP) is 4.69. The normalized spacial score (nSPS) is 11.1. The highest BCUT2D eigenvalue weighted by Gasteiger charge is 2.14. The van der Waals surface area contributed by atoms with Crippen LogP contribution in [0.3, 0.4) is 0 Å². The van der Waals surface area contributed by atoms with Crippen LogP contribution in [0.5, 0.6) is 0 Å². The van der Waals surface area contributed by atoms with E-state index in [9.17, 15) is 14.3 Å². The molecule has 164 valence electrons. The minimum absolute atomic E-state index is 0.255. The van der Waals surface area contributed by atoms with Crippen LogP contribution in [0.4, 0.5) is 4.39 Å². The van der Waals surface area contributed by atoms with Crippen molar-refractivity contribution in [2.75, 3.05) is 0 Å². The molecule has 0 spiro atoms. The number of rotatable bonds is 9. The van der Waals surface area contributed by atoms with Gasteiger partial charge in [-0.2, -0.15) is 0 Å². The van der Waals surface area contributed by atoms with E-state index in [0.717, 1.165) is 29.3 Å². The summed E-state index contributed by atoms with van der Waals surface area (Å²) >= 11 is 1.68. The Labute approximate surface area is 189 Å². The number of aromatic nitrogens is 4. The summed E-state index contributed by atoms with van der Waals surface area (Å²) in [5, 5.41) is 20.2. The summed E-state index contributed by atoms with van der Waals surface area (Å²) in [6, 6.07) is 13.8. The van der Waals surface area contributed by atoms with Gasteiger partial charge >= 0.3 is 5.97 Å². The van der Waals surface area contributed by atoms with Crippen molar-refractivity contribution < 1.29 is 14.3 Å². The van der Waals surface area contributed by atoms with Crippen LogP contribution >= 0.6 is 11.3 Å². The van der Waals surface area contributed by atoms with E-state index in [-0.39, 0.29) is 11.4 Å². The van der Waals surface area contributed by atoms with Crippen LogP contribution < -0.4 is 0 Å². The van der Waals surface area contributed by atoms with Crippen LogP contribution in [-0.4, -0.2) is 30.8 Å². The first-order valence-corrected chi connectivity index (χ1v) is 11.2. The monoisotopic (exact) mass is 450 g/mol.